The first-order chi connectivity index (χ1) is 9.66. The highest BCUT2D eigenvalue weighted by Gasteiger charge is 2.12. The molecule has 0 radical (unpaired) electrons. The van der Waals surface area contributed by atoms with Crippen LogP contribution in [0.25, 0.3) is 21.9 Å². The Hall–Kier alpha value is -2.39. The number of pyridine rings is 1. The van der Waals surface area contributed by atoms with Crippen LogP contribution in [0, 0.1) is 0 Å². The molecule has 0 aliphatic carbocycles. The van der Waals surface area contributed by atoms with Gasteiger partial charge in [0.15, 0.2) is 0 Å². The molecular weight excluding hydrogens is 272 g/mol. The second-order valence-electron chi connectivity index (χ2n) is 4.46. The first-order valence-electron chi connectivity index (χ1n) is 6.09. The van der Waals surface area contributed by atoms with Crippen molar-refractivity contribution in [2.45, 2.75) is 0 Å². The summed E-state index contributed by atoms with van der Waals surface area (Å²) < 4.78 is 0. The minimum atomic E-state index is -0.492. The van der Waals surface area contributed by atoms with Crippen LogP contribution in [0.4, 0.5) is 0 Å². The molecule has 98 valence electrons. The summed E-state index contributed by atoms with van der Waals surface area (Å²) in [6.07, 6.45) is 3.52. The van der Waals surface area contributed by atoms with Gasteiger partial charge in [0, 0.05) is 28.4 Å². The molecule has 3 aromatic rings. The third-order valence-corrected chi connectivity index (χ3v) is 3.45. The fourth-order valence-electron chi connectivity index (χ4n) is 2.31. The van der Waals surface area contributed by atoms with Gasteiger partial charge in [-0.05, 0) is 34.7 Å². The van der Waals surface area contributed by atoms with E-state index in [1.807, 2.05) is 30.3 Å². The van der Waals surface area contributed by atoms with E-state index in [0.29, 0.717) is 10.6 Å². The Balaban J connectivity index is 2.34. The number of rotatable bonds is 2. The Morgan fingerprint density at radius 1 is 1.10 bits per heavy atom. The van der Waals surface area contributed by atoms with Gasteiger partial charge in [-0.25, -0.2) is 0 Å². The average Bonchev–Trinajstić information content (AvgIpc) is 2.46. The molecule has 2 N–H and O–H groups in total. The summed E-state index contributed by atoms with van der Waals surface area (Å²) in [5.74, 6) is -0.492. The van der Waals surface area contributed by atoms with Gasteiger partial charge in [-0.1, -0.05) is 35.9 Å². The number of primary amides is 1. The number of aromatic nitrogens is 1. The highest BCUT2D eigenvalue weighted by molar-refractivity contribution is 6.31. The molecule has 0 unspecified atom stereocenters. The van der Waals surface area contributed by atoms with Crippen molar-refractivity contribution in [1.29, 1.82) is 0 Å². The van der Waals surface area contributed by atoms with Crippen molar-refractivity contribution < 1.29 is 4.79 Å². The Kier molecular flexibility index (Phi) is 3.12. The number of carbonyl (C=O) groups excluding carboxylic acids is 1. The standard InChI is InChI=1S/C16H11ClN2O/c17-11-4-5-14(15(8-11)16(18)20)13-3-1-2-10-9-19-7-6-12(10)13/h1-9H,(H2,18,20). The Morgan fingerprint density at radius 2 is 1.95 bits per heavy atom. The third-order valence-electron chi connectivity index (χ3n) is 3.22. The summed E-state index contributed by atoms with van der Waals surface area (Å²) in [7, 11) is 0. The number of halogens is 1. The second-order valence-corrected chi connectivity index (χ2v) is 4.89. The smallest absolute Gasteiger partial charge is 0.249 e. The van der Waals surface area contributed by atoms with Crippen LogP contribution < -0.4 is 5.73 Å². The molecule has 2 aromatic carbocycles. The zero-order valence-corrected chi connectivity index (χ0v) is 11.3. The fourth-order valence-corrected chi connectivity index (χ4v) is 2.48. The van der Waals surface area contributed by atoms with Crippen molar-refractivity contribution in [2.75, 3.05) is 0 Å². The van der Waals surface area contributed by atoms with Crippen molar-refractivity contribution in [3.05, 3.63) is 65.4 Å². The summed E-state index contributed by atoms with van der Waals surface area (Å²) in [5.41, 5.74) is 7.59. The lowest BCUT2D eigenvalue weighted by Gasteiger charge is -2.10. The molecule has 0 fully saturated rings. The summed E-state index contributed by atoms with van der Waals surface area (Å²) in [4.78, 5) is 15.7. The highest BCUT2D eigenvalue weighted by atomic mass is 35.5. The first-order valence-corrected chi connectivity index (χ1v) is 6.47. The Bertz CT molecular complexity index is 809. The van der Waals surface area contributed by atoms with E-state index in [1.54, 1.807) is 24.5 Å². The molecule has 0 bridgehead atoms. The van der Waals surface area contributed by atoms with Gasteiger partial charge >= 0.3 is 0 Å². The zero-order valence-electron chi connectivity index (χ0n) is 10.5. The summed E-state index contributed by atoms with van der Waals surface area (Å²) in [5, 5.41) is 2.52. The van der Waals surface area contributed by atoms with Gasteiger partial charge in [0.25, 0.3) is 0 Å². The van der Waals surface area contributed by atoms with Crippen molar-refractivity contribution in [3.8, 4) is 11.1 Å². The molecule has 1 heterocycles. The number of fused-ring (bicyclic) bond motifs is 1. The molecule has 0 spiro atoms. The van der Waals surface area contributed by atoms with Crippen LogP contribution in [0.2, 0.25) is 5.02 Å². The maximum absolute atomic E-state index is 11.6. The molecule has 4 heteroatoms. The van der Waals surface area contributed by atoms with Gasteiger partial charge in [0.1, 0.15) is 0 Å². The van der Waals surface area contributed by atoms with E-state index in [2.05, 4.69) is 4.98 Å². The summed E-state index contributed by atoms with van der Waals surface area (Å²) in [6.45, 7) is 0. The molecule has 0 aliphatic heterocycles. The normalized spacial score (nSPS) is 10.7. The lowest BCUT2D eigenvalue weighted by Crippen LogP contribution is -2.12. The molecule has 3 rings (SSSR count). The molecule has 0 saturated heterocycles. The number of benzene rings is 2. The van der Waals surface area contributed by atoms with Crippen molar-refractivity contribution in [3.63, 3.8) is 0 Å². The molecule has 0 aliphatic rings. The predicted molar refractivity (Wildman–Crippen MR) is 80.7 cm³/mol. The van der Waals surface area contributed by atoms with Gasteiger partial charge in [0.05, 0.1) is 0 Å². The van der Waals surface area contributed by atoms with Crippen molar-refractivity contribution >= 4 is 28.3 Å². The van der Waals surface area contributed by atoms with E-state index in [-0.39, 0.29) is 0 Å². The van der Waals surface area contributed by atoms with E-state index in [4.69, 9.17) is 17.3 Å². The topological polar surface area (TPSA) is 56.0 Å². The predicted octanol–water partition coefficient (Wildman–Crippen LogP) is 3.65. The summed E-state index contributed by atoms with van der Waals surface area (Å²) in [6, 6.07) is 13.0. The highest BCUT2D eigenvalue weighted by Crippen LogP contribution is 2.31. The van der Waals surface area contributed by atoms with Crippen LogP contribution >= 0.6 is 11.6 Å². The van der Waals surface area contributed by atoms with Crippen LogP contribution in [0.1, 0.15) is 10.4 Å². The lowest BCUT2D eigenvalue weighted by atomic mass is 9.95. The van der Waals surface area contributed by atoms with Crippen molar-refractivity contribution in [1.82, 2.24) is 4.98 Å². The minimum absolute atomic E-state index is 0.418. The van der Waals surface area contributed by atoms with Crippen LogP contribution in [0.3, 0.4) is 0 Å². The van der Waals surface area contributed by atoms with Crippen molar-refractivity contribution in [2.24, 2.45) is 5.73 Å². The molecule has 20 heavy (non-hydrogen) atoms. The van der Waals surface area contributed by atoms with Crippen LogP contribution in [0.5, 0.6) is 0 Å². The maximum Gasteiger partial charge on any atom is 0.249 e. The largest absolute Gasteiger partial charge is 0.366 e. The molecule has 0 saturated carbocycles. The van der Waals surface area contributed by atoms with E-state index >= 15 is 0 Å². The second kappa shape index (κ2) is 4.94. The van der Waals surface area contributed by atoms with E-state index < -0.39 is 5.91 Å². The SMILES string of the molecule is NC(=O)c1cc(Cl)ccc1-c1cccc2cnccc12. The van der Waals surface area contributed by atoms with Gasteiger partial charge in [0.2, 0.25) is 5.91 Å². The van der Waals surface area contributed by atoms with E-state index in [0.717, 1.165) is 21.9 Å². The molecule has 1 aromatic heterocycles. The zero-order chi connectivity index (χ0) is 14.1. The van der Waals surface area contributed by atoms with Crippen LogP contribution in [-0.4, -0.2) is 10.9 Å². The minimum Gasteiger partial charge on any atom is -0.366 e. The van der Waals surface area contributed by atoms with Gasteiger partial charge < -0.3 is 5.73 Å². The average molecular weight is 283 g/mol. The number of hydrogen-bond donors (Lipinski definition) is 1. The molecule has 1 amide bonds. The number of nitrogens with zero attached hydrogens (tertiary/aromatic N) is 1. The lowest BCUT2D eigenvalue weighted by molar-refractivity contribution is 0.100. The Morgan fingerprint density at radius 3 is 2.75 bits per heavy atom. The monoisotopic (exact) mass is 282 g/mol. The van der Waals surface area contributed by atoms with E-state index in [1.165, 1.54) is 0 Å². The summed E-state index contributed by atoms with van der Waals surface area (Å²) >= 11 is 5.95. The Labute approximate surface area is 121 Å². The number of carbonyl (C=O) groups is 1. The molecular formula is C16H11ClN2O. The van der Waals surface area contributed by atoms with Crippen LogP contribution in [0.15, 0.2) is 54.9 Å². The van der Waals surface area contributed by atoms with Gasteiger partial charge in [-0.15, -0.1) is 0 Å². The number of hydrogen-bond acceptors (Lipinski definition) is 2. The van der Waals surface area contributed by atoms with E-state index in [9.17, 15) is 4.79 Å². The molecule has 0 atom stereocenters. The quantitative estimate of drug-likeness (QED) is 0.780. The fraction of sp³-hybridized carbons (Fsp3) is 0. The van der Waals surface area contributed by atoms with Gasteiger partial charge in [-0.2, -0.15) is 0 Å². The van der Waals surface area contributed by atoms with Gasteiger partial charge in [-0.3, -0.25) is 9.78 Å². The van der Waals surface area contributed by atoms with Crippen LogP contribution in [-0.2, 0) is 0 Å². The molecule has 3 nitrogen and oxygen atoms in total. The number of nitrogens with two attached hydrogens (primary N) is 1. The number of amides is 1. The third kappa shape index (κ3) is 2.12. The maximum atomic E-state index is 11.6. The first kappa shape index (κ1) is 12.6.